The fourth-order valence-corrected chi connectivity index (χ4v) is 0.828. The van der Waals surface area contributed by atoms with Gasteiger partial charge >= 0.3 is 0 Å². The van der Waals surface area contributed by atoms with Crippen molar-refractivity contribution >= 4 is 0 Å². The van der Waals surface area contributed by atoms with Crippen molar-refractivity contribution in [1.82, 2.24) is 5.32 Å². The predicted molar refractivity (Wildman–Crippen MR) is 56.2 cm³/mol. The fourth-order valence-electron chi connectivity index (χ4n) is 0.828. The topological polar surface area (TPSA) is 47.3 Å². The molecule has 0 saturated carbocycles. The van der Waals surface area contributed by atoms with Crippen molar-refractivity contribution < 1.29 is 4.74 Å². The van der Waals surface area contributed by atoms with Crippen LogP contribution in [0.15, 0.2) is 24.6 Å². The maximum atomic E-state index is 5.41. The molecule has 0 atom stereocenters. The average Bonchev–Trinajstić information content (AvgIpc) is 2.04. The van der Waals surface area contributed by atoms with E-state index in [1.807, 2.05) is 6.92 Å². The maximum absolute atomic E-state index is 5.41. The first-order valence-electron chi connectivity index (χ1n) is 4.59. The van der Waals surface area contributed by atoms with Gasteiger partial charge in [-0.1, -0.05) is 13.2 Å². The highest BCUT2D eigenvalue weighted by atomic mass is 16.5. The first-order valence-corrected chi connectivity index (χ1v) is 4.59. The van der Waals surface area contributed by atoms with Gasteiger partial charge in [0.2, 0.25) is 0 Å². The summed E-state index contributed by atoms with van der Waals surface area (Å²) in [5.41, 5.74) is 7.11. The zero-order valence-electron chi connectivity index (χ0n) is 8.44. The van der Waals surface area contributed by atoms with Crippen molar-refractivity contribution in [2.24, 2.45) is 5.73 Å². The minimum atomic E-state index is 0.699. The molecule has 13 heavy (non-hydrogen) atoms. The lowest BCUT2D eigenvalue weighted by Crippen LogP contribution is -2.17. The third kappa shape index (κ3) is 8.95. The van der Waals surface area contributed by atoms with Gasteiger partial charge in [0.1, 0.15) is 0 Å². The number of nitrogens with two attached hydrogens (primary N) is 1. The van der Waals surface area contributed by atoms with E-state index in [1.54, 1.807) is 0 Å². The molecule has 0 amide bonds. The number of hydrogen-bond acceptors (Lipinski definition) is 3. The van der Waals surface area contributed by atoms with Crippen molar-refractivity contribution in [3.8, 4) is 0 Å². The maximum Gasteiger partial charge on any atom is 0.0520 e. The van der Waals surface area contributed by atoms with Gasteiger partial charge in [-0.3, -0.25) is 0 Å². The largest absolute Gasteiger partial charge is 0.402 e. The molecule has 0 heterocycles. The summed E-state index contributed by atoms with van der Waals surface area (Å²) in [7, 11) is 0. The van der Waals surface area contributed by atoms with E-state index in [0.29, 0.717) is 5.70 Å². The lowest BCUT2D eigenvalue weighted by atomic mass is 10.3. The lowest BCUT2D eigenvalue weighted by molar-refractivity contribution is 0.150. The van der Waals surface area contributed by atoms with Gasteiger partial charge in [-0.05, 0) is 6.92 Å². The van der Waals surface area contributed by atoms with Gasteiger partial charge in [0.25, 0.3) is 0 Å². The van der Waals surface area contributed by atoms with Crippen LogP contribution in [-0.4, -0.2) is 19.8 Å². The third-order valence-electron chi connectivity index (χ3n) is 1.57. The highest BCUT2D eigenvalue weighted by molar-refractivity contribution is 4.93. The van der Waals surface area contributed by atoms with Crippen LogP contribution < -0.4 is 11.1 Å². The molecule has 0 bridgehead atoms. The van der Waals surface area contributed by atoms with E-state index in [2.05, 4.69) is 18.5 Å². The second kappa shape index (κ2) is 7.68. The van der Waals surface area contributed by atoms with Crippen LogP contribution in [-0.2, 0) is 4.74 Å². The normalized spacial score (nSPS) is 9.62. The Balaban J connectivity index is 3.25. The SMILES string of the molecule is C=C(N)CCNC(=C)CCOCC. The molecule has 0 aromatic rings. The van der Waals surface area contributed by atoms with E-state index in [0.717, 1.165) is 38.3 Å². The Morgan fingerprint density at radius 2 is 2.08 bits per heavy atom. The van der Waals surface area contributed by atoms with Gasteiger partial charge < -0.3 is 15.8 Å². The molecule has 0 aliphatic rings. The highest BCUT2D eigenvalue weighted by Crippen LogP contribution is 1.95. The van der Waals surface area contributed by atoms with E-state index in [-0.39, 0.29) is 0 Å². The zero-order chi connectivity index (χ0) is 10.1. The van der Waals surface area contributed by atoms with Gasteiger partial charge in [-0.25, -0.2) is 0 Å². The van der Waals surface area contributed by atoms with Crippen LogP contribution in [0.2, 0.25) is 0 Å². The first kappa shape index (κ1) is 12.0. The first-order chi connectivity index (χ1) is 6.16. The van der Waals surface area contributed by atoms with Gasteiger partial charge in [0.05, 0.1) is 6.61 Å². The van der Waals surface area contributed by atoms with Crippen molar-refractivity contribution in [3.63, 3.8) is 0 Å². The van der Waals surface area contributed by atoms with Gasteiger partial charge in [-0.15, -0.1) is 0 Å². The summed E-state index contributed by atoms with van der Waals surface area (Å²) in [6.07, 6.45) is 1.64. The predicted octanol–water partition coefficient (Wildman–Crippen LogP) is 1.38. The smallest absolute Gasteiger partial charge is 0.0520 e. The standard InChI is InChI=1S/C10H20N2O/c1-4-13-8-6-10(3)12-7-5-9(2)11/h12H,2-8,11H2,1H3. The summed E-state index contributed by atoms with van der Waals surface area (Å²) in [5, 5.41) is 3.16. The number of nitrogens with one attached hydrogen (secondary N) is 1. The van der Waals surface area contributed by atoms with Crippen LogP contribution in [0.3, 0.4) is 0 Å². The molecule has 76 valence electrons. The van der Waals surface area contributed by atoms with Crippen molar-refractivity contribution in [2.45, 2.75) is 19.8 Å². The molecule has 0 aliphatic heterocycles. The summed E-state index contributed by atoms with van der Waals surface area (Å²) in [5.74, 6) is 0. The van der Waals surface area contributed by atoms with Crippen LogP contribution in [0, 0.1) is 0 Å². The number of hydrogen-bond donors (Lipinski definition) is 2. The summed E-state index contributed by atoms with van der Waals surface area (Å²) in [6, 6.07) is 0. The van der Waals surface area contributed by atoms with Crippen LogP contribution in [0.4, 0.5) is 0 Å². The molecule has 0 radical (unpaired) electrons. The molecule has 0 fully saturated rings. The minimum Gasteiger partial charge on any atom is -0.402 e. The Hall–Kier alpha value is -0.960. The Kier molecular flexibility index (Phi) is 7.11. The average molecular weight is 184 g/mol. The molecule has 0 saturated heterocycles. The fraction of sp³-hybridized carbons (Fsp3) is 0.600. The molecule has 0 aliphatic carbocycles. The Morgan fingerprint density at radius 1 is 1.38 bits per heavy atom. The van der Waals surface area contributed by atoms with Crippen molar-refractivity contribution in [2.75, 3.05) is 19.8 Å². The summed E-state index contributed by atoms with van der Waals surface area (Å²) >= 11 is 0. The van der Waals surface area contributed by atoms with E-state index in [9.17, 15) is 0 Å². The Bertz CT molecular complexity index is 166. The van der Waals surface area contributed by atoms with Crippen molar-refractivity contribution in [1.29, 1.82) is 0 Å². The summed E-state index contributed by atoms with van der Waals surface area (Å²) in [6.45, 7) is 11.7. The Labute approximate surface area is 80.6 Å². The number of ether oxygens (including phenoxy) is 1. The van der Waals surface area contributed by atoms with E-state index < -0.39 is 0 Å². The molecular formula is C10H20N2O. The van der Waals surface area contributed by atoms with Crippen molar-refractivity contribution in [3.05, 3.63) is 24.6 Å². The molecule has 3 heteroatoms. The van der Waals surface area contributed by atoms with E-state index >= 15 is 0 Å². The molecule has 0 rings (SSSR count). The molecule has 3 nitrogen and oxygen atoms in total. The van der Waals surface area contributed by atoms with E-state index in [1.165, 1.54) is 0 Å². The molecule has 0 spiro atoms. The molecule has 0 aromatic heterocycles. The quantitative estimate of drug-likeness (QED) is 0.560. The highest BCUT2D eigenvalue weighted by Gasteiger charge is 1.93. The minimum absolute atomic E-state index is 0.699. The summed E-state index contributed by atoms with van der Waals surface area (Å²) in [4.78, 5) is 0. The zero-order valence-corrected chi connectivity index (χ0v) is 8.44. The van der Waals surface area contributed by atoms with Crippen LogP contribution >= 0.6 is 0 Å². The van der Waals surface area contributed by atoms with Gasteiger partial charge in [0, 0.05) is 37.4 Å². The second-order valence-electron chi connectivity index (χ2n) is 2.89. The lowest BCUT2D eigenvalue weighted by Gasteiger charge is -2.08. The Morgan fingerprint density at radius 3 is 2.62 bits per heavy atom. The molecule has 0 unspecified atom stereocenters. The second-order valence-corrected chi connectivity index (χ2v) is 2.89. The third-order valence-corrected chi connectivity index (χ3v) is 1.57. The summed E-state index contributed by atoms with van der Waals surface area (Å²) < 4.78 is 5.19. The monoisotopic (exact) mass is 184 g/mol. The molecule has 3 N–H and O–H groups in total. The van der Waals surface area contributed by atoms with E-state index in [4.69, 9.17) is 10.5 Å². The van der Waals surface area contributed by atoms with Gasteiger partial charge in [0.15, 0.2) is 0 Å². The van der Waals surface area contributed by atoms with Gasteiger partial charge in [-0.2, -0.15) is 0 Å². The number of rotatable bonds is 8. The van der Waals surface area contributed by atoms with Crippen LogP contribution in [0.25, 0.3) is 0 Å². The van der Waals surface area contributed by atoms with Crippen LogP contribution in [0.5, 0.6) is 0 Å². The van der Waals surface area contributed by atoms with Crippen LogP contribution in [0.1, 0.15) is 19.8 Å². The molecule has 0 aromatic carbocycles. The molecular weight excluding hydrogens is 164 g/mol.